The van der Waals surface area contributed by atoms with Crippen LogP contribution in [0.1, 0.15) is 11.1 Å². The van der Waals surface area contributed by atoms with Gasteiger partial charge in [0.15, 0.2) is 0 Å². The molecule has 0 bridgehead atoms. The Balaban J connectivity index is 2.92. The first-order valence-corrected chi connectivity index (χ1v) is 4.56. The fourth-order valence-corrected chi connectivity index (χ4v) is 1.28. The van der Waals surface area contributed by atoms with Gasteiger partial charge in [-0.25, -0.2) is 4.79 Å². The predicted octanol–water partition coefficient (Wildman–Crippen LogP) is 2.86. The molecule has 2 nitrogen and oxygen atoms in total. The van der Waals surface area contributed by atoms with E-state index in [0.29, 0.717) is 0 Å². The lowest BCUT2D eigenvalue weighted by Gasteiger charge is -1.98. The summed E-state index contributed by atoms with van der Waals surface area (Å²) in [6.45, 7) is 1.98. The molecule has 0 amide bonds. The lowest BCUT2D eigenvalue weighted by atomic mass is 10.1. The van der Waals surface area contributed by atoms with Crippen molar-refractivity contribution in [3.63, 3.8) is 0 Å². The SMILES string of the molecule is Cc1ccc(C=CC(=O)O)cc1Br. The first-order chi connectivity index (χ1) is 6.09. The quantitative estimate of drug-likeness (QED) is 0.808. The molecule has 0 unspecified atom stereocenters. The first kappa shape index (κ1) is 9.99. The van der Waals surface area contributed by atoms with Gasteiger partial charge in [-0.3, -0.25) is 0 Å². The molecule has 1 rings (SSSR count). The molecule has 0 aromatic heterocycles. The van der Waals surface area contributed by atoms with Crippen molar-refractivity contribution < 1.29 is 9.90 Å². The van der Waals surface area contributed by atoms with Gasteiger partial charge in [-0.2, -0.15) is 0 Å². The second-order valence-corrected chi connectivity index (χ2v) is 3.53. The standard InChI is InChI=1S/C10H9BrO2/c1-7-2-3-8(6-9(7)11)4-5-10(12)13/h2-6H,1H3,(H,12,13). The van der Waals surface area contributed by atoms with Gasteiger partial charge < -0.3 is 5.11 Å². The van der Waals surface area contributed by atoms with Crippen LogP contribution in [0.25, 0.3) is 6.08 Å². The highest BCUT2D eigenvalue weighted by Crippen LogP contribution is 2.18. The Kier molecular flexibility index (Phi) is 3.25. The molecule has 1 aromatic rings. The Morgan fingerprint density at radius 1 is 1.54 bits per heavy atom. The topological polar surface area (TPSA) is 37.3 Å². The number of carbonyl (C=O) groups is 1. The smallest absolute Gasteiger partial charge is 0.328 e. The third kappa shape index (κ3) is 3.03. The Morgan fingerprint density at radius 2 is 2.23 bits per heavy atom. The van der Waals surface area contributed by atoms with Crippen LogP contribution in [0.5, 0.6) is 0 Å². The molecule has 1 N–H and O–H groups in total. The number of carboxylic acid groups (broad SMARTS) is 1. The number of aryl methyl sites for hydroxylation is 1. The van der Waals surface area contributed by atoms with Gasteiger partial charge in [-0.1, -0.05) is 28.1 Å². The molecule has 0 fully saturated rings. The van der Waals surface area contributed by atoms with Crippen LogP contribution in [0.4, 0.5) is 0 Å². The predicted molar refractivity (Wildman–Crippen MR) is 55.5 cm³/mol. The van der Waals surface area contributed by atoms with Crippen LogP contribution in [0.2, 0.25) is 0 Å². The zero-order chi connectivity index (χ0) is 9.84. The average Bonchev–Trinajstić information content (AvgIpc) is 2.07. The normalized spacial score (nSPS) is 10.6. The summed E-state index contributed by atoms with van der Waals surface area (Å²) in [6, 6.07) is 5.69. The van der Waals surface area contributed by atoms with E-state index in [0.717, 1.165) is 21.7 Å². The molecular formula is C10H9BrO2. The van der Waals surface area contributed by atoms with E-state index >= 15 is 0 Å². The molecule has 0 aliphatic heterocycles. The zero-order valence-corrected chi connectivity index (χ0v) is 8.71. The van der Waals surface area contributed by atoms with E-state index in [1.165, 1.54) is 0 Å². The minimum Gasteiger partial charge on any atom is -0.478 e. The second kappa shape index (κ2) is 4.23. The van der Waals surface area contributed by atoms with E-state index in [1.54, 1.807) is 6.08 Å². The largest absolute Gasteiger partial charge is 0.478 e. The number of hydrogen-bond acceptors (Lipinski definition) is 1. The van der Waals surface area contributed by atoms with Crippen LogP contribution in [-0.4, -0.2) is 11.1 Å². The van der Waals surface area contributed by atoms with E-state index in [9.17, 15) is 4.79 Å². The van der Waals surface area contributed by atoms with Crippen molar-refractivity contribution in [1.82, 2.24) is 0 Å². The van der Waals surface area contributed by atoms with E-state index < -0.39 is 5.97 Å². The van der Waals surface area contributed by atoms with Crippen molar-refractivity contribution >= 4 is 28.0 Å². The number of rotatable bonds is 2. The summed E-state index contributed by atoms with van der Waals surface area (Å²) in [5.74, 6) is -0.934. The lowest BCUT2D eigenvalue weighted by Crippen LogP contribution is -1.85. The highest BCUT2D eigenvalue weighted by atomic mass is 79.9. The van der Waals surface area contributed by atoms with E-state index in [-0.39, 0.29) is 0 Å². The molecule has 3 heteroatoms. The van der Waals surface area contributed by atoms with E-state index in [2.05, 4.69) is 15.9 Å². The van der Waals surface area contributed by atoms with Crippen LogP contribution in [0.15, 0.2) is 28.7 Å². The Hall–Kier alpha value is -1.09. The van der Waals surface area contributed by atoms with Gasteiger partial charge in [-0.05, 0) is 30.2 Å². The van der Waals surface area contributed by atoms with Crippen molar-refractivity contribution in [2.24, 2.45) is 0 Å². The van der Waals surface area contributed by atoms with Crippen LogP contribution < -0.4 is 0 Å². The number of aliphatic carboxylic acids is 1. The average molecular weight is 241 g/mol. The maximum absolute atomic E-state index is 10.2. The molecule has 68 valence electrons. The molecule has 0 aliphatic carbocycles. The van der Waals surface area contributed by atoms with Gasteiger partial charge in [0, 0.05) is 10.5 Å². The summed E-state index contributed by atoms with van der Waals surface area (Å²) in [5.41, 5.74) is 2.01. The van der Waals surface area contributed by atoms with E-state index in [1.807, 2.05) is 25.1 Å². The van der Waals surface area contributed by atoms with Crippen molar-refractivity contribution in [3.8, 4) is 0 Å². The molecule has 0 saturated carbocycles. The minimum atomic E-state index is -0.934. The fraction of sp³-hybridized carbons (Fsp3) is 0.100. The fourth-order valence-electron chi connectivity index (χ4n) is 0.880. The Labute approximate surface area is 85.0 Å². The lowest BCUT2D eigenvalue weighted by molar-refractivity contribution is -0.131. The number of hydrogen-bond donors (Lipinski definition) is 1. The van der Waals surface area contributed by atoms with E-state index in [4.69, 9.17) is 5.11 Å². The number of halogens is 1. The summed E-state index contributed by atoms with van der Waals surface area (Å²) in [7, 11) is 0. The molecule has 0 radical (unpaired) electrons. The van der Waals surface area contributed by atoms with Crippen molar-refractivity contribution in [2.75, 3.05) is 0 Å². The monoisotopic (exact) mass is 240 g/mol. The number of benzene rings is 1. The van der Waals surface area contributed by atoms with Crippen molar-refractivity contribution in [2.45, 2.75) is 6.92 Å². The van der Waals surface area contributed by atoms with Gasteiger partial charge in [-0.15, -0.1) is 0 Å². The zero-order valence-electron chi connectivity index (χ0n) is 7.12. The molecule has 0 aliphatic rings. The highest BCUT2D eigenvalue weighted by Gasteiger charge is 1.94. The second-order valence-electron chi connectivity index (χ2n) is 2.68. The Bertz CT molecular complexity index is 356. The highest BCUT2D eigenvalue weighted by molar-refractivity contribution is 9.10. The summed E-state index contributed by atoms with van der Waals surface area (Å²) in [4.78, 5) is 10.2. The Morgan fingerprint density at radius 3 is 2.77 bits per heavy atom. The van der Waals surface area contributed by atoms with Crippen molar-refractivity contribution in [3.05, 3.63) is 39.9 Å². The summed E-state index contributed by atoms with van der Waals surface area (Å²) in [6.07, 6.45) is 2.68. The third-order valence-electron chi connectivity index (χ3n) is 1.61. The van der Waals surface area contributed by atoms with Gasteiger partial charge in [0.1, 0.15) is 0 Å². The van der Waals surface area contributed by atoms with Crippen LogP contribution in [0, 0.1) is 6.92 Å². The van der Waals surface area contributed by atoms with Crippen LogP contribution >= 0.6 is 15.9 Å². The molecule has 0 heterocycles. The van der Waals surface area contributed by atoms with Crippen LogP contribution in [0.3, 0.4) is 0 Å². The summed E-state index contributed by atoms with van der Waals surface area (Å²) in [5, 5.41) is 8.40. The molecule has 1 aromatic carbocycles. The van der Waals surface area contributed by atoms with Gasteiger partial charge in [0.25, 0.3) is 0 Å². The molecule has 0 spiro atoms. The summed E-state index contributed by atoms with van der Waals surface area (Å²) >= 11 is 3.37. The maximum Gasteiger partial charge on any atom is 0.328 e. The first-order valence-electron chi connectivity index (χ1n) is 3.77. The third-order valence-corrected chi connectivity index (χ3v) is 2.47. The molecule has 0 atom stereocenters. The molecule has 13 heavy (non-hydrogen) atoms. The van der Waals surface area contributed by atoms with Crippen molar-refractivity contribution in [1.29, 1.82) is 0 Å². The molecular weight excluding hydrogens is 232 g/mol. The molecule has 0 saturated heterocycles. The van der Waals surface area contributed by atoms with Gasteiger partial charge in [0.2, 0.25) is 0 Å². The summed E-state index contributed by atoms with van der Waals surface area (Å²) < 4.78 is 0.986. The minimum absolute atomic E-state index is 0.875. The van der Waals surface area contributed by atoms with Gasteiger partial charge >= 0.3 is 5.97 Å². The maximum atomic E-state index is 10.2. The van der Waals surface area contributed by atoms with Gasteiger partial charge in [0.05, 0.1) is 0 Å². The van der Waals surface area contributed by atoms with Crippen LogP contribution in [-0.2, 0) is 4.79 Å². The number of carboxylic acids is 1.